The van der Waals surface area contributed by atoms with Crippen molar-refractivity contribution in [1.29, 1.82) is 0 Å². The Morgan fingerprint density at radius 3 is 2.42 bits per heavy atom. The molecule has 0 radical (unpaired) electrons. The molecule has 1 aliphatic rings. The van der Waals surface area contributed by atoms with Gasteiger partial charge in [0.15, 0.2) is 16.3 Å². The highest BCUT2D eigenvalue weighted by atomic mass is 79.9. The number of fused-ring (bicyclic) bond motifs is 1. The summed E-state index contributed by atoms with van der Waals surface area (Å²) in [4.78, 5) is 32.2. The maximum Gasteiger partial charge on any atom is 0.338 e. The average Bonchev–Trinajstić information content (AvgIpc) is 3.19. The fourth-order valence-corrected chi connectivity index (χ4v) is 5.84. The molecule has 1 aliphatic heterocycles. The van der Waals surface area contributed by atoms with Crippen molar-refractivity contribution in [2.24, 2.45) is 4.99 Å². The molecule has 0 saturated carbocycles. The van der Waals surface area contributed by atoms with Crippen LogP contribution in [0.1, 0.15) is 44.9 Å². The summed E-state index contributed by atoms with van der Waals surface area (Å²) in [5, 5.41) is 0. The summed E-state index contributed by atoms with van der Waals surface area (Å²) in [5.41, 5.74) is 2.01. The highest BCUT2D eigenvalue weighted by Crippen LogP contribution is 2.41. The minimum Gasteiger partial charge on any atom is -0.494 e. The van der Waals surface area contributed by atoms with Crippen LogP contribution >= 0.6 is 27.3 Å². The predicted molar refractivity (Wildman–Crippen MR) is 150 cm³/mol. The molecule has 0 spiro atoms. The summed E-state index contributed by atoms with van der Waals surface area (Å²) in [5.74, 6) is 1.26. The van der Waals surface area contributed by atoms with Gasteiger partial charge in [0.1, 0.15) is 5.75 Å². The van der Waals surface area contributed by atoms with E-state index in [1.54, 1.807) is 37.7 Å². The number of methoxy groups -OCH3 is 1. The van der Waals surface area contributed by atoms with Gasteiger partial charge in [0.25, 0.3) is 5.56 Å². The van der Waals surface area contributed by atoms with Crippen molar-refractivity contribution in [2.45, 2.75) is 33.7 Å². The number of esters is 1. The molecule has 0 unspecified atom stereocenters. The van der Waals surface area contributed by atoms with Gasteiger partial charge >= 0.3 is 5.97 Å². The summed E-state index contributed by atoms with van der Waals surface area (Å²) < 4.78 is 24.9. The van der Waals surface area contributed by atoms with Crippen LogP contribution in [0.25, 0.3) is 6.08 Å². The number of rotatable bonds is 9. The summed E-state index contributed by atoms with van der Waals surface area (Å²) in [6.45, 7) is 8.53. The third-order valence-corrected chi connectivity index (χ3v) is 7.55. The minimum atomic E-state index is -0.785. The molecule has 0 aliphatic carbocycles. The van der Waals surface area contributed by atoms with Crippen molar-refractivity contribution in [3.8, 4) is 17.2 Å². The topological polar surface area (TPSA) is 88.4 Å². The zero-order chi connectivity index (χ0) is 27.4. The van der Waals surface area contributed by atoms with Gasteiger partial charge in [-0.2, -0.15) is 0 Å². The van der Waals surface area contributed by atoms with Gasteiger partial charge in [0, 0.05) is 4.47 Å². The second-order valence-corrected chi connectivity index (χ2v) is 10.1. The van der Waals surface area contributed by atoms with Crippen molar-refractivity contribution in [1.82, 2.24) is 4.57 Å². The number of hydrogen-bond donors (Lipinski definition) is 0. The molecule has 38 heavy (non-hydrogen) atoms. The lowest BCUT2D eigenvalue weighted by Crippen LogP contribution is -2.40. The Balaban J connectivity index is 1.94. The molecule has 200 valence electrons. The Morgan fingerprint density at radius 1 is 1.08 bits per heavy atom. The molecule has 10 heteroatoms. The molecular weight excluding hydrogens is 572 g/mol. The first-order chi connectivity index (χ1) is 18.3. The van der Waals surface area contributed by atoms with E-state index in [4.69, 9.17) is 18.9 Å². The van der Waals surface area contributed by atoms with Crippen LogP contribution in [0.5, 0.6) is 17.2 Å². The van der Waals surface area contributed by atoms with Gasteiger partial charge < -0.3 is 18.9 Å². The van der Waals surface area contributed by atoms with Crippen LogP contribution in [0.15, 0.2) is 61.9 Å². The number of carbonyl (C=O) groups excluding carboxylic acids is 1. The van der Waals surface area contributed by atoms with Crippen molar-refractivity contribution >= 4 is 39.3 Å². The van der Waals surface area contributed by atoms with Crippen molar-refractivity contribution < 1.29 is 23.7 Å². The Hall–Kier alpha value is -3.37. The molecule has 2 heterocycles. The van der Waals surface area contributed by atoms with Gasteiger partial charge in [0.05, 0.1) is 48.8 Å². The van der Waals surface area contributed by atoms with E-state index in [0.29, 0.717) is 55.4 Å². The lowest BCUT2D eigenvalue weighted by molar-refractivity contribution is -0.139. The van der Waals surface area contributed by atoms with Crippen LogP contribution in [0.4, 0.5) is 0 Å². The number of nitrogens with zero attached hydrogens (tertiary/aromatic N) is 2. The highest BCUT2D eigenvalue weighted by molar-refractivity contribution is 9.10. The number of hydrogen-bond acceptors (Lipinski definition) is 8. The quantitative estimate of drug-likeness (QED) is 0.339. The Labute approximate surface area is 233 Å². The van der Waals surface area contributed by atoms with Gasteiger partial charge in [-0.05, 0) is 69.2 Å². The Bertz CT molecular complexity index is 1560. The van der Waals surface area contributed by atoms with Gasteiger partial charge in [-0.15, -0.1) is 0 Å². The number of thiazole rings is 1. The summed E-state index contributed by atoms with van der Waals surface area (Å²) in [6, 6.07) is 10.3. The number of halogens is 1. The number of benzene rings is 2. The van der Waals surface area contributed by atoms with Gasteiger partial charge in [0.2, 0.25) is 0 Å². The zero-order valence-corrected chi connectivity index (χ0v) is 24.3. The van der Waals surface area contributed by atoms with Crippen molar-refractivity contribution in [3.05, 3.63) is 83.0 Å². The largest absolute Gasteiger partial charge is 0.494 e. The molecule has 4 rings (SSSR count). The van der Waals surface area contributed by atoms with Crippen LogP contribution < -0.4 is 29.1 Å². The van der Waals surface area contributed by atoms with E-state index in [9.17, 15) is 9.59 Å². The van der Waals surface area contributed by atoms with Gasteiger partial charge in [-0.25, -0.2) is 9.79 Å². The number of ether oxygens (including phenoxy) is 4. The van der Waals surface area contributed by atoms with Gasteiger partial charge in [-0.1, -0.05) is 39.4 Å². The van der Waals surface area contributed by atoms with E-state index < -0.39 is 12.0 Å². The first kappa shape index (κ1) is 27.7. The molecule has 0 fully saturated rings. The second kappa shape index (κ2) is 12.0. The highest BCUT2D eigenvalue weighted by Gasteiger charge is 2.35. The average molecular weight is 602 g/mol. The summed E-state index contributed by atoms with van der Waals surface area (Å²) >= 11 is 4.90. The van der Waals surface area contributed by atoms with Crippen molar-refractivity contribution in [2.75, 3.05) is 26.9 Å². The Morgan fingerprint density at radius 2 is 1.79 bits per heavy atom. The smallest absolute Gasteiger partial charge is 0.338 e. The SMILES string of the molecule is CCOC(=O)C1=C(C)N=c2s/c(=C/c3ccc(OCC)cc3)c(=O)n2[C@H]1c1cc(OC)c(OCC)cc1Br. The van der Waals surface area contributed by atoms with Gasteiger partial charge in [-0.3, -0.25) is 9.36 Å². The number of aromatic nitrogens is 1. The van der Waals surface area contributed by atoms with E-state index in [2.05, 4.69) is 20.9 Å². The number of allylic oxidation sites excluding steroid dienone is 1. The first-order valence-corrected chi connectivity index (χ1v) is 13.9. The number of carbonyl (C=O) groups is 1. The molecular formula is C28H29BrN2O6S. The fourth-order valence-electron chi connectivity index (χ4n) is 4.25. The van der Waals surface area contributed by atoms with E-state index in [1.165, 1.54) is 11.3 Å². The van der Waals surface area contributed by atoms with Crippen LogP contribution in [0.2, 0.25) is 0 Å². The van der Waals surface area contributed by atoms with Crippen molar-refractivity contribution in [3.63, 3.8) is 0 Å². The van der Waals surface area contributed by atoms with E-state index in [0.717, 1.165) is 11.3 Å². The molecule has 1 aromatic heterocycles. The second-order valence-electron chi connectivity index (χ2n) is 8.26. The first-order valence-electron chi connectivity index (χ1n) is 12.3. The lowest BCUT2D eigenvalue weighted by Gasteiger charge is -2.26. The van der Waals surface area contributed by atoms with E-state index in [1.807, 2.05) is 44.2 Å². The third-order valence-electron chi connectivity index (χ3n) is 5.88. The molecule has 0 bridgehead atoms. The summed E-state index contributed by atoms with van der Waals surface area (Å²) in [7, 11) is 1.55. The maximum atomic E-state index is 13.9. The normalized spacial score (nSPS) is 15.1. The summed E-state index contributed by atoms with van der Waals surface area (Å²) in [6.07, 6.45) is 1.81. The maximum absolute atomic E-state index is 13.9. The van der Waals surface area contributed by atoms with Crippen LogP contribution in [0.3, 0.4) is 0 Å². The molecule has 2 aromatic carbocycles. The monoisotopic (exact) mass is 600 g/mol. The third kappa shape index (κ3) is 5.42. The fraction of sp³-hybridized carbons (Fsp3) is 0.321. The lowest BCUT2D eigenvalue weighted by atomic mass is 9.95. The Kier molecular flexibility index (Phi) is 8.73. The minimum absolute atomic E-state index is 0.193. The molecule has 0 saturated heterocycles. The zero-order valence-electron chi connectivity index (χ0n) is 21.9. The predicted octanol–water partition coefficient (Wildman–Crippen LogP) is 4.37. The van der Waals surface area contributed by atoms with Crippen LogP contribution in [0, 0.1) is 0 Å². The van der Waals surface area contributed by atoms with E-state index >= 15 is 0 Å². The van der Waals surface area contributed by atoms with E-state index in [-0.39, 0.29) is 12.2 Å². The van der Waals surface area contributed by atoms with Crippen LogP contribution in [-0.4, -0.2) is 37.5 Å². The molecule has 1 atom stereocenters. The van der Waals surface area contributed by atoms with Crippen LogP contribution in [-0.2, 0) is 9.53 Å². The molecule has 0 amide bonds. The molecule has 0 N–H and O–H groups in total. The molecule has 8 nitrogen and oxygen atoms in total. The standard InChI is InChI=1S/C28H29BrN2O6S/c1-6-35-18-11-9-17(10-12-18)13-23-26(32)31-25(19-14-21(34-5)22(36-7-2)15-20(19)29)24(27(33)37-8-3)16(4)30-28(31)38-23/h9-15,25H,6-8H2,1-5H3/b23-13+/t25-/m0/s1. The molecule has 3 aromatic rings.